The van der Waals surface area contributed by atoms with Crippen molar-refractivity contribution >= 4 is 17.3 Å². The molecular formula is C12H19F3N2S. The molecule has 2 nitrogen and oxygen atoms in total. The third-order valence-electron chi connectivity index (χ3n) is 3.53. The lowest BCUT2D eigenvalue weighted by molar-refractivity contribution is -0.138. The predicted octanol–water partition coefficient (Wildman–Crippen LogP) is 3.22. The maximum Gasteiger partial charge on any atom is 0.406 e. The van der Waals surface area contributed by atoms with E-state index in [0.717, 1.165) is 38.5 Å². The van der Waals surface area contributed by atoms with Gasteiger partial charge in [-0.1, -0.05) is 19.3 Å². The summed E-state index contributed by atoms with van der Waals surface area (Å²) < 4.78 is 37.5. The van der Waals surface area contributed by atoms with Crippen LogP contribution in [0.25, 0.3) is 0 Å². The van der Waals surface area contributed by atoms with E-state index < -0.39 is 12.7 Å². The van der Waals surface area contributed by atoms with Crippen LogP contribution >= 0.6 is 12.2 Å². The van der Waals surface area contributed by atoms with Gasteiger partial charge in [0.2, 0.25) is 0 Å². The molecule has 0 radical (unpaired) electrons. The molecule has 104 valence electrons. The first-order valence-corrected chi connectivity index (χ1v) is 7.00. The lowest BCUT2D eigenvalue weighted by atomic mass is 9.96. The van der Waals surface area contributed by atoms with E-state index in [1.165, 1.54) is 11.3 Å². The van der Waals surface area contributed by atoms with Crippen LogP contribution in [0, 0.1) is 0 Å². The van der Waals surface area contributed by atoms with Crippen LogP contribution in [-0.4, -0.2) is 34.8 Å². The quantitative estimate of drug-likeness (QED) is 0.799. The van der Waals surface area contributed by atoms with Crippen molar-refractivity contribution in [3.8, 4) is 0 Å². The molecule has 0 unspecified atom stereocenters. The van der Waals surface area contributed by atoms with Gasteiger partial charge in [-0.2, -0.15) is 13.2 Å². The van der Waals surface area contributed by atoms with E-state index in [2.05, 4.69) is 5.32 Å². The Morgan fingerprint density at radius 3 is 2.22 bits per heavy atom. The van der Waals surface area contributed by atoms with Gasteiger partial charge in [-0.15, -0.1) is 0 Å². The fraction of sp³-hybridized carbons (Fsp3) is 0.917. The zero-order valence-corrected chi connectivity index (χ0v) is 11.1. The molecule has 0 spiro atoms. The first-order chi connectivity index (χ1) is 8.46. The molecule has 0 aromatic rings. The zero-order chi connectivity index (χ0) is 13.2. The van der Waals surface area contributed by atoms with Gasteiger partial charge in [-0.3, -0.25) is 0 Å². The summed E-state index contributed by atoms with van der Waals surface area (Å²) in [5.74, 6) is 0. The predicted molar refractivity (Wildman–Crippen MR) is 68.4 cm³/mol. The van der Waals surface area contributed by atoms with Crippen molar-refractivity contribution in [2.75, 3.05) is 6.54 Å². The highest BCUT2D eigenvalue weighted by Crippen LogP contribution is 2.30. The molecule has 0 aromatic carbocycles. The Kier molecular flexibility index (Phi) is 4.35. The molecule has 2 saturated carbocycles. The number of rotatable bonds is 3. The van der Waals surface area contributed by atoms with E-state index in [0.29, 0.717) is 5.11 Å². The second kappa shape index (κ2) is 5.63. The van der Waals surface area contributed by atoms with Crippen LogP contribution in [0.3, 0.4) is 0 Å². The number of thiocarbonyl (C=S) groups is 1. The van der Waals surface area contributed by atoms with Crippen LogP contribution in [0.15, 0.2) is 0 Å². The summed E-state index contributed by atoms with van der Waals surface area (Å²) in [6.45, 7) is -0.920. The minimum Gasteiger partial charge on any atom is -0.360 e. The Hall–Kier alpha value is -0.520. The van der Waals surface area contributed by atoms with Crippen molar-refractivity contribution in [3.63, 3.8) is 0 Å². The maximum absolute atomic E-state index is 12.5. The van der Waals surface area contributed by atoms with Crippen molar-refractivity contribution in [1.82, 2.24) is 10.2 Å². The molecule has 0 aliphatic heterocycles. The average molecular weight is 280 g/mol. The van der Waals surface area contributed by atoms with Crippen LogP contribution in [0.1, 0.15) is 44.9 Å². The van der Waals surface area contributed by atoms with Crippen LogP contribution in [-0.2, 0) is 0 Å². The van der Waals surface area contributed by atoms with Gasteiger partial charge in [0.05, 0.1) is 0 Å². The van der Waals surface area contributed by atoms with Crippen molar-refractivity contribution in [2.24, 2.45) is 0 Å². The smallest absolute Gasteiger partial charge is 0.360 e. The van der Waals surface area contributed by atoms with Gasteiger partial charge in [0.25, 0.3) is 0 Å². The Morgan fingerprint density at radius 2 is 1.72 bits per heavy atom. The fourth-order valence-corrected chi connectivity index (χ4v) is 2.83. The number of alkyl halides is 3. The van der Waals surface area contributed by atoms with Gasteiger partial charge in [0, 0.05) is 12.1 Å². The van der Waals surface area contributed by atoms with Crippen molar-refractivity contribution < 1.29 is 13.2 Å². The third-order valence-corrected chi connectivity index (χ3v) is 3.88. The molecule has 0 heterocycles. The molecule has 2 rings (SSSR count). The van der Waals surface area contributed by atoms with Gasteiger partial charge < -0.3 is 10.2 Å². The Labute approximate surface area is 111 Å². The van der Waals surface area contributed by atoms with Gasteiger partial charge in [-0.25, -0.2) is 0 Å². The number of hydrogen-bond acceptors (Lipinski definition) is 1. The van der Waals surface area contributed by atoms with Crippen LogP contribution in [0.5, 0.6) is 0 Å². The summed E-state index contributed by atoms with van der Waals surface area (Å²) in [7, 11) is 0. The highest BCUT2D eigenvalue weighted by molar-refractivity contribution is 7.80. The molecule has 2 aliphatic rings. The van der Waals surface area contributed by atoms with Gasteiger partial charge in [-0.05, 0) is 37.9 Å². The number of halogens is 3. The van der Waals surface area contributed by atoms with E-state index in [9.17, 15) is 13.2 Å². The van der Waals surface area contributed by atoms with E-state index in [1.807, 2.05) is 0 Å². The summed E-state index contributed by atoms with van der Waals surface area (Å²) in [6.07, 6.45) is 3.01. The molecule has 18 heavy (non-hydrogen) atoms. The first-order valence-electron chi connectivity index (χ1n) is 6.59. The lowest BCUT2D eigenvalue weighted by Gasteiger charge is -2.31. The summed E-state index contributed by atoms with van der Waals surface area (Å²) >= 11 is 5.16. The molecule has 0 bridgehead atoms. The van der Waals surface area contributed by atoms with E-state index in [4.69, 9.17) is 12.2 Å². The van der Waals surface area contributed by atoms with E-state index in [-0.39, 0.29) is 12.1 Å². The molecule has 2 fully saturated rings. The standard InChI is InChI=1S/C12H19F3N2S/c13-12(14,15)8-17(10-6-7-10)11(18)16-9-4-2-1-3-5-9/h9-10H,1-8H2,(H,16,18). The highest BCUT2D eigenvalue weighted by atomic mass is 32.1. The normalized spacial score (nSPS) is 21.7. The zero-order valence-electron chi connectivity index (χ0n) is 10.3. The fourth-order valence-electron chi connectivity index (χ4n) is 2.45. The van der Waals surface area contributed by atoms with Crippen molar-refractivity contribution in [1.29, 1.82) is 0 Å². The molecule has 0 atom stereocenters. The topological polar surface area (TPSA) is 15.3 Å². The largest absolute Gasteiger partial charge is 0.406 e. The maximum atomic E-state index is 12.5. The lowest BCUT2D eigenvalue weighted by Crippen LogP contribution is -2.49. The molecule has 1 N–H and O–H groups in total. The summed E-state index contributed by atoms with van der Waals surface area (Å²) in [5.41, 5.74) is 0. The monoisotopic (exact) mass is 280 g/mol. The molecule has 0 aromatic heterocycles. The molecular weight excluding hydrogens is 261 g/mol. The third kappa shape index (κ3) is 4.30. The van der Waals surface area contributed by atoms with Crippen LogP contribution < -0.4 is 5.32 Å². The molecule has 6 heteroatoms. The van der Waals surface area contributed by atoms with Crippen molar-refractivity contribution in [2.45, 2.75) is 63.2 Å². The second-order valence-electron chi connectivity index (χ2n) is 5.26. The Morgan fingerprint density at radius 1 is 1.11 bits per heavy atom. The highest BCUT2D eigenvalue weighted by Gasteiger charge is 2.39. The molecule has 0 amide bonds. The van der Waals surface area contributed by atoms with Crippen molar-refractivity contribution in [3.05, 3.63) is 0 Å². The van der Waals surface area contributed by atoms with Gasteiger partial charge >= 0.3 is 6.18 Å². The summed E-state index contributed by atoms with van der Waals surface area (Å²) in [5, 5.41) is 3.41. The van der Waals surface area contributed by atoms with E-state index >= 15 is 0 Å². The average Bonchev–Trinajstić information content (AvgIpc) is 3.10. The summed E-state index contributed by atoms with van der Waals surface area (Å²) in [6, 6.07) is 0.260. The number of hydrogen-bond donors (Lipinski definition) is 1. The Bertz CT molecular complexity index is 296. The minimum atomic E-state index is -4.18. The molecule has 2 aliphatic carbocycles. The first kappa shape index (κ1) is 13.9. The Balaban J connectivity index is 1.87. The van der Waals surface area contributed by atoms with Crippen LogP contribution in [0.2, 0.25) is 0 Å². The van der Waals surface area contributed by atoms with Gasteiger partial charge in [0.1, 0.15) is 6.54 Å². The van der Waals surface area contributed by atoms with E-state index in [1.54, 1.807) is 0 Å². The molecule has 0 saturated heterocycles. The number of nitrogens with zero attached hydrogens (tertiary/aromatic N) is 1. The second-order valence-corrected chi connectivity index (χ2v) is 5.65. The minimum absolute atomic E-state index is 0.00443. The van der Waals surface area contributed by atoms with Crippen LogP contribution in [0.4, 0.5) is 13.2 Å². The number of nitrogens with one attached hydrogen (secondary N) is 1. The van der Waals surface area contributed by atoms with Gasteiger partial charge in [0.15, 0.2) is 5.11 Å². The summed E-state index contributed by atoms with van der Waals surface area (Å²) in [4.78, 5) is 1.32. The SMILES string of the molecule is FC(F)(F)CN(C(=S)NC1CCCCC1)C1CC1.